The van der Waals surface area contributed by atoms with Crippen molar-refractivity contribution in [3.05, 3.63) is 41.0 Å². The number of aromatic nitrogens is 4. The number of fused-ring (bicyclic) bond motifs is 3. The van der Waals surface area contributed by atoms with Crippen molar-refractivity contribution < 1.29 is 31.5 Å². The lowest BCUT2D eigenvalue weighted by Gasteiger charge is -2.29. The van der Waals surface area contributed by atoms with Crippen LogP contribution in [0.2, 0.25) is 0 Å². The van der Waals surface area contributed by atoms with E-state index < -0.39 is 38.6 Å². The number of alkyl halides is 3. The third kappa shape index (κ3) is 4.87. The monoisotopic (exact) mass is 540 g/mol. The van der Waals surface area contributed by atoms with E-state index in [0.717, 1.165) is 17.4 Å². The molecule has 10 nitrogen and oxygen atoms in total. The van der Waals surface area contributed by atoms with Crippen LogP contribution in [0, 0.1) is 0 Å². The smallest absolute Gasteiger partial charge is 0.395 e. The molecule has 0 spiro atoms. The number of amides is 1. The summed E-state index contributed by atoms with van der Waals surface area (Å²) in [7, 11) is -0.950. The molecule has 1 amide bonds. The van der Waals surface area contributed by atoms with Gasteiger partial charge in [0.05, 0.1) is 34.6 Å². The standard InChI is InChI=1S/C23H27F3N6O4S/c1-22(2,12-33)14-8-15-16(9-17(14)37(5,35)36)32-7-6-31(11-18(32)28-15)21-27-10-13(20(34)30(3)4)19(29-21)23(24,25)26/h8-10,33H,6-7,11-12H2,1-5H3. The van der Waals surface area contributed by atoms with Crippen molar-refractivity contribution in [2.24, 2.45) is 0 Å². The van der Waals surface area contributed by atoms with Crippen molar-refractivity contribution in [3.63, 3.8) is 0 Å². The number of carbonyl (C=O) groups excluding carboxylic acids is 1. The number of hydrogen-bond donors (Lipinski definition) is 1. The van der Waals surface area contributed by atoms with Gasteiger partial charge >= 0.3 is 6.18 Å². The molecule has 0 saturated heterocycles. The number of carbonyl (C=O) groups is 1. The molecule has 0 aliphatic carbocycles. The fourth-order valence-corrected chi connectivity index (χ4v) is 5.33. The minimum absolute atomic E-state index is 0.0693. The summed E-state index contributed by atoms with van der Waals surface area (Å²) in [5.74, 6) is -0.562. The Kier molecular flexibility index (Phi) is 6.47. The molecule has 0 unspecified atom stereocenters. The molecule has 0 atom stereocenters. The summed E-state index contributed by atoms with van der Waals surface area (Å²) < 4.78 is 68.1. The molecule has 0 fully saturated rings. The second-order valence-electron chi connectivity index (χ2n) is 9.88. The van der Waals surface area contributed by atoms with Crippen LogP contribution in [0.3, 0.4) is 0 Å². The lowest BCUT2D eigenvalue weighted by atomic mass is 9.85. The summed E-state index contributed by atoms with van der Waals surface area (Å²) in [4.78, 5) is 27.2. The Morgan fingerprint density at radius 2 is 1.84 bits per heavy atom. The van der Waals surface area contributed by atoms with Crippen molar-refractivity contribution in [1.29, 1.82) is 0 Å². The Bertz CT molecular complexity index is 1500. The minimum Gasteiger partial charge on any atom is -0.395 e. The molecule has 1 aromatic carbocycles. The van der Waals surface area contributed by atoms with Crippen LogP contribution in [0.15, 0.2) is 23.2 Å². The maximum absolute atomic E-state index is 13.7. The van der Waals surface area contributed by atoms with Crippen molar-refractivity contribution >= 4 is 32.7 Å². The van der Waals surface area contributed by atoms with Gasteiger partial charge in [-0.2, -0.15) is 13.2 Å². The van der Waals surface area contributed by atoms with E-state index in [-0.39, 0.29) is 30.5 Å². The summed E-state index contributed by atoms with van der Waals surface area (Å²) in [6.07, 6.45) is -2.88. The second-order valence-corrected chi connectivity index (χ2v) is 11.9. The highest BCUT2D eigenvalue weighted by molar-refractivity contribution is 7.90. The van der Waals surface area contributed by atoms with E-state index in [2.05, 4.69) is 15.0 Å². The van der Waals surface area contributed by atoms with Crippen molar-refractivity contribution in [1.82, 2.24) is 24.4 Å². The molecule has 1 aliphatic heterocycles. The molecule has 3 heterocycles. The van der Waals surface area contributed by atoms with Gasteiger partial charge < -0.3 is 19.5 Å². The molecule has 3 aromatic rings. The predicted octanol–water partition coefficient (Wildman–Crippen LogP) is 2.24. The quantitative estimate of drug-likeness (QED) is 0.523. The fourth-order valence-electron chi connectivity index (χ4n) is 4.27. The van der Waals surface area contributed by atoms with E-state index in [1.807, 2.05) is 4.57 Å². The minimum atomic E-state index is -4.86. The molecule has 0 radical (unpaired) electrons. The van der Waals surface area contributed by atoms with Gasteiger partial charge in [0.1, 0.15) is 5.82 Å². The largest absolute Gasteiger partial charge is 0.434 e. The number of anilines is 1. The maximum Gasteiger partial charge on any atom is 0.434 e. The Morgan fingerprint density at radius 3 is 2.41 bits per heavy atom. The molecular formula is C23H27F3N6O4S. The fraction of sp³-hybridized carbons (Fsp3) is 0.478. The van der Waals surface area contributed by atoms with Gasteiger partial charge in [0, 0.05) is 45.1 Å². The van der Waals surface area contributed by atoms with E-state index in [4.69, 9.17) is 0 Å². The zero-order chi connectivity index (χ0) is 27.5. The summed E-state index contributed by atoms with van der Waals surface area (Å²) in [6, 6.07) is 3.17. The highest BCUT2D eigenvalue weighted by Crippen LogP contribution is 2.35. The second kappa shape index (κ2) is 8.94. The summed E-state index contributed by atoms with van der Waals surface area (Å²) in [5.41, 5.74) is -1.31. The van der Waals surface area contributed by atoms with Gasteiger partial charge in [-0.3, -0.25) is 4.79 Å². The third-order valence-electron chi connectivity index (χ3n) is 6.34. The van der Waals surface area contributed by atoms with Gasteiger partial charge in [-0.05, 0) is 17.7 Å². The molecule has 37 heavy (non-hydrogen) atoms. The SMILES string of the molecule is CN(C)C(=O)c1cnc(N2CCn3c(nc4cc(C(C)(C)CO)c(S(C)(=O)=O)cc43)C2)nc1C(F)(F)F. The Balaban J connectivity index is 1.78. The van der Waals surface area contributed by atoms with E-state index >= 15 is 0 Å². The van der Waals surface area contributed by atoms with Gasteiger partial charge in [0.25, 0.3) is 5.91 Å². The number of halogens is 3. The van der Waals surface area contributed by atoms with Crippen LogP contribution in [-0.4, -0.2) is 77.4 Å². The Labute approximate surface area is 211 Å². The van der Waals surface area contributed by atoms with Crippen LogP contribution in [0.4, 0.5) is 19.1 Å². The predicted molar refractivity (Wildman–Crippen MR) is 129 cm³/mol. The number of hydrogen-bond acceptors (Lipinski definition) is 8. The molecule has 14 heteroatoms. The normalized spacial score (nSPS) is 14.7. The first kappa shape index (κ1) is 26.8. The van der Waals surface area contributed by atoms with Gasteiger partial charge in [0.15, 0.2) is 15.5 Å². The first-order valence-electron chi connectivity index (χ1n) is 11.3. The van der Waals surface area contributed by atoms with E-state index in [9.17, 15) is 31.5 Å². The zero-order valence-electron chi connectivity index (χ0n) is 21.0. The van der Waals surface area contributed by atoms with Gasteiger partial charge in [0.2, 0.25) is 5.95 Å². The molecule has 2 aromatic heterocycles. The third-order valence-corrected chi connectivity index (χ3v) is 7.48. The van der Waals surface area contributed by atoms with Gasteiger partial charge in [-0.1, -0.05) is 13.8 Å². The van der Waals surface area contributed by atoms with Gasteiger partial charge in [-0.25, -0.2) is 23.4 Å². The average Bonchev–Trinajstić information content (AvgIpc) is 3.18. The van der Waals surface area contributed by atoms with E-state index in [1.54, 1.807) is 19.9 Å². The number of sulfone groups is 1. The Morgan fingerprint density at radius 1 is 1.16 bits per heavy atom. The van der Waals surface area contributed by atoms with Crippen molar-refractivity contribution in [3.8, 4) is 0 Å². The number of nitrogens with zero attached hydrogens (tertiary/aromatic N) is 6. The molecule has 4 rings (SSSR count). The van der Waals surface area contributed by atoms with Crippen LogP contribution < -0.4 is 4.90 Å². The number of aliphatic hydroxyl groups excluding tert-OH is 1. The highest BCUT2D eigenvalue weighted by atomic mass is 32.2. The highest BCUT2D eigenvalue weighted by Gasteiger charge is 2.39. The lowest BCUT2D eigenvalue weighted by molar-refractivity contribution is -0.141. The summed E-state index contributed by atoms with van der Waals surface area (Å²) in [6.45, 7) is 3.75. The van der Waals surface area contributed by atoms with E-state index in [1.165, 1.54) is 25.1 Å². The molecule has 1 N–H and O–H groups in total. The van der Waals surface area contributed by atoms with Crippen LogP contribution in [0.1, 0.15) is 41.3 Å². The number of imidazole rings is 1. The molecule has 0 saturated carbocycles. The van der Waals surface area contributed by atoms with Crippen LogP contribution in [0.5, 0.6) is 0 Å². The number of benzene rings is 1. The van der Waals surface area contributed by atoms with Crippen molar-refractivity contribution in [2.45, 2.75) is 43.4 Å². The lowest BCUT2D eigenvalue weighted by Crippen LogP contribution is -2.36. The van der Waals surface area contributed by atoms with Crippen LogP contribution in [-0.2, 0) is 34.5 Å². The van der Waals surface area contributed by atoms with Crippen molar-refractivity contribution in [2.75, 3.05) is 38.4 Å². The first-order valence-corrected chi connectivity index (χ1v) is 13.2. The average molecular weight is 541 g/mol. The molecular weight excluding hydrogens is 513 g/mol. The summed E-state index contributed by atoms with van der Waals surface area (Å²) >= 11 is 0. The zero-order valence-corrected chi connectivity index (χ0v) is 21.8. The molecule has 200 valence electrons. The topological polar surface area (TPSA) is 122 Å². The van der Waals surface area contributed by atoms with Gasteiger partial charge in [-0.15, -0.1) is 0 Å². The Hall–Kier alpha value is -3.26. The first-order chi connectivity index (χ1) is 17.0. The van der Waals surface area contributed by atoms with E-state index in [0.29, 0.717) is 29.0 Å². The summed E-state index contributed by atoms with van der Waals surface area (Å²) in [5, 5.41) is 9.85. The van der Waals surface area contributed by atoms with Crippen LogP contribution >= 0.6 is 0 Å². The van der Waals surface area contributed by atoms with Crippen LogP contribution in [0.25, 0.3) is 11.0 Å². The molecule has 1 aliphatic rings. The number of rotatable bonds is 5. The molecule has 0 bridgehead atoms. The maximum atomic E-state index is 13.7. The number of aliphatic hydroxyl groups is 1.